The summed E-state index contributed by atoms with van der Waals surface area (Å²) in [4.78, 5) is 55.4. The highest BCUT2D eigenvalue weighted by Gasteiger charge is 2.20. The Kier molecular flexibility index (Phi) is 4.35. The number of rotatable bonds is 4. The minimum atomic E-state index is -1.36. The number of hydrogen-bond donors (Lipinski definition) is 4. The summed E-state index contributed by atoms with van der Waals surface area (Å²) in [5, 5.41) is 18.8. The van der Waals surface area contributed by atoms with Crippen LogP contribution in [0.3, 0.4) is 0 Å². The highest BCUT2D eigenvalue weighted by molar-refractivity contribution is 6.11. The molecule has 2 heterocycles. The number of pyridine rings is 2. The average Bonchev–Trinajstić information content (AvgIpc) is 2.72. The summed E-state index contributed by atoms with van der Waals surface area (Å²) in [5.74, 6) is -2.68. The number of para-hydroxylation sites is 1. The lowest BCUT2D eigenvalue weighted by Gasteiger charge is -2.22. The zero-order valence-corrected chi connectivity index (χ0v) is 15.6. The van der Waals surface area contributed by atoms with Gasteiger partial charge in [-0.15, -0.1) is 0 Å². The molecule has 30 heavy (non-hydrogen) atoms. The molecule has 0 fully saturated rings. The van der Waals surface area contributed by atoms with E-state index in [1.54, 1.807) is 11.9 Å². The fraction of sp³-hybridized carbons (Fsp3) is 0.0476. The molecule has 0 amide bonds. The highest BCUT2D eigenvalue weighted by atomic mass is 16.4. The molecule has 0 radical (unpaired) electrons. The molecule has 2 aromatic carbocycles. The van der Waals surface area contributed by atoms with Crippen molar-refractivity contribution in [3.63, 3.8) is 0 Å². The number of H-pyrrole nitrogens is 2. The molecule has 150 valence electrons. The molecule has 0 spiro atoms. The first-order valence-electron chi connectivity index (χ1n) is 8.80. The Morgan fingerprint density at radius 1 is 0.833 bits per heavy atom. The zero-order valence-electron chi connectivity index (χ0n) is 15.6. The van der Waals surface area contributed by atoms with Crippen molar-refractivity contribution in [2.45, 2.75) is 0 Å². The third kappa shape index (κ3) is 2.98. The molecular formula is C21H15N3O6. The van der Waals surface area contributed by atoms with Gasteiger partial charge in [0.1, 0.15) is 11.4 Å². The number of carboxylic acid groups (broad SMARTS) is 2. The van der Waals surface area contributed by atoms with E-state index in [9.17, 15) is 29.4 Å². The molecule has 0 bridgehead atoms. The van der Waals surface area contributed by atoms with Crippen LogP contribution in [0.25, 0.3) is 21.8 Å². The molecule has 0 aliphatic rings. The maximum absolute atomic E-state index is 12.9. The van der Waals surface area contributed by atoms with Crippen molar-refractivity contribution in [2.75, 3.05) is 11.9 Å². The number of hydrogen-bond acceptors (Lipinski definition) is 5. The number of aromatic nitrogens is 2. The number of aromatic carboxylic acids is 2. The van der Waals surface area contributed by atoms with Crippen LogP contribution >= 0.6 is 0 Å². The molecule has 4 rings (SSSR count). The third-order valence-electron chi connectivity index (χ3n) is 4.85. The van der Waals surface area contributed by atoms with Gasteiger partial charge in [-0.1, -0.05) is 18.2 Å². The van der Waals surface area contributed by atoms with Gasteiger partial charge in [-0.25, -0.2) is 9.59 Å². The predicted octanol–water partition coefficient (Wildman–Crippen LogP) is 2.53. The van der Waals surface area contributed by atoms with Crippen molar-refractivity contribution in [1.82, 2.24) is 9.97 Å². The van der Waals surface area contributed by atoms with Gasteiger partial charge >= 0.3 is 11.9 Å². The molecule has 2 aromatic heterocycles. The minimum absolute atomic E-state index is 0.00418. The second kappa shape index (κ2) is 6.89. The quantitative estimate of drug-likeness (QED) is 0.382. The fourth-order valence-electron chi connectivity index (χ4n) is 3.41. The molecule has 9 nitrogen and oxygen atoms in total. The van der Waals surface area contributed by atoms with Crippen LogP contribution in [-0.2, 0) is 0 Å². The summed E-state index contributed by atoms with van der Waals surface area (Å²) in [6, 6.07) is 12.4. The first kappa shape index (κ1) is 18.9. The minimum Gasteiger partial charge on any atom is -0.477 e. The SMILES string of the molecule is CN(c1ccccc1)c1cc2c(=O)cc(C(=O)O)[nH]c2c2c(=O)cc(C(=O)O)[nH]c12. The summed E-state index contributed by atoms with van der Waals surface area (Å²) in [5.41, 5.74) is -0.628. The standard InChI is InChI=1S/C21H15N3O6/c1-24(10-5-3-2-4-6-10)14-7-11-15(25)8-12(20(27)28)22-18(11)17-16(26)9-13(21(29)30)23-19(14)17/h2-9H,1H3,(H,22,25)(H,23,26)(H,27,28)(H,29,30). The van der Waals surface area contributed by atoms with Crippen molar-refractivity contribution in [3.8, 4) is 0 Å². The smallest absolute Gasteiger partial charge is 0.352 e. The topological polar surface area (TPSA) is 144 Å². The molecule has 0 aliphatic heterocycles. The van der Waals surface area contributed by atoms with E-state index in [4.69, 9.17) is 0 Å². The van der Waals surface area contributed by atoms with Crippen molar-refractivity contribution in [3.05, 3.63) is 80.4 Å². The summed E-state index contributed by atoms with van der Waals surface area (Å²) >= 11 is 0. The zero-order chi connectivity index (χ0) is 21.6. The Balaban J connectivity index is 2.20. The number of nitrogens with zero attached hydrogens (tertiary/aromatic N) is 1. The van der Waals surface area contributed by atoms with E-state index in [1.165, 1.54) is 6.07 Å². The van der Waals surface area contributed by atoms with Gasteiger partial charge in [-0.2, -0.15) is 0 Å². The second-order valence-corrected chi connectivity index (χ2v) is 6.67. The van der Waals surface area contributed by atoms with E-state index >= 15 is 0 Å². The van der Waals surface area contributed by atoms with Crippen LogP contribution in [0.1, 0.15) is 21.0 Å². The van der Waals surface area contributed by atoms with Crippen molar-refractivity contribution in [2.24, 2.45) is 0 Å². The maximum Gasteiger partial charge on any atom is 0.352 e. The Bertz CT molecular complexity index is 1450. The van der Waals surface area contributed by atoms with E-state index in [0.717, 1.165) is 17.8 Å². The van der Waals surface area contributed by atoms with Crippen LogP contribution in [0.4, 0.5) is 11.4 Å². The summed E-state index contributed by atoms with van der Waals surface area (Å²) in [7, 11) is 1.71. The lowest BCUT2D eigenvalue weighted by atomic mass is 10.0. The molecule has 0 saturated heterocycles. The lowest BCUT2D eigenvalue weighted by molar-refractivity contribution is 0.0680. The second-order valence-electron chi connectivity index (χ2n) is 6.67. The number of carboxylic acids is 2. The van der Waals surface area contributed by atoms with E-state index in [1.807, 2.05) is 30.3 Å². The van der Waals surface area contributed by atoms with Gasteiger partial charge in [0, 0.05) is 30.3 Å². The van der Waals surface area contributed by atoms with Gasteiger partial charge in [0.2, 0.25) is 0 Å². The molecule has 0 unspecified atom stereocenters. The number of carbonyl (C=O) groups is 2. The van der Waals surface area contributed by atoms with Crippen LogP contribution in [-0.4, -0.2) is 39.2 Å². The van der Waals surface area contributed by atoms with Gasteiger partial charge in [0.15, 0.2) is 10.9 Å². The maximum atomic E-state index is 12.9. The first-order valence-corrected chi connectivity index (χ1v) is 8.80. The fourth-order valence-corrected chi connectivity index (χ4v) is 3.41. The van der Waals surface area contributed by atoms with Gasteiger partial charge in [0.05, 0.1) is 22.1 Å². The summed E-state index contributed by atoms with van der Waals surface area (Å²) < 4.78 is 0. The summed E-state index contributed by atoms with van der Waals surface area (Å²) in [6.45, 7) is 0. The number of benzene rings is 2. The van der Waals surface area contributed by atoms with Gasteiger partial charge in [0.25, 0.3) is 0 Å². The van der Waals surface area contributed by atoms with E-state index < -0.39 is 22.8 Å². The number of aromatic amines is 2. The monoisotopic (exact) mass is 405 g/mol. The van der Waals surface area contributed by atoms with Crippen LogP contribution in [0.2, 0.25) is 0 Å². The predicted molar refractivity (Wildman–Crippen MR) is 111 cm³/mol. The largest absolute Gasteiger partial charge is 0.477 e. The van der Waals surface area contributed by atoms with Crippen LogP contribution in [0, 0.1) is 0 Å². The van der Waals surface area contributed by atoms with Gasteiger partial charge in [-0.05, 0) is 18.2 Å². The normalized spacial score (nSPS) is 11.0. The van der Waals surface area contributed by atoms with Crippen LogP contribution in [0.5, 0.6) is 0 Å². The number of fused-ring (bicyclic) bond motifs is 3. The van der Waals surface area contributed by atoms with Crippen molar-refractivity contribution < 1.29 is 19.8 Å². The molecule has 4 N–H and O–H groups in total. The van der Waals surface area contributed by atoms with Gasteiger partial charge in [-0.3, -0.25) is 9.59 Å². The number of anilines is 2. The number of nitrogens with one attached hydrogen (secondary N) is 2. The Hall–Kier alpha value is -4.40. The molecule has 4 aromatic rings. The van der Waals surface area contributed by atoms with E-state index in [2.05, 4.69) is 9.97 Å². The molecule has 0 saturated carbocycles. The highest BCUT2D eigenvalue weighted by Crippen LogP contribution is 2.32. The van der Waals surface area contributed by atoms with Gasteiger partial charge < -0.3 is 25.1 Å². The van der Waals surface area contributed by atoms with Crippen LogP contribution in [0.15, 0.2) is 58.1 Å². The summed E-state index contributed by atoms with van der Waals surface area (Å²) in [6.07, 6.45) is 0. The molecule has 0 aliphatic carbocycles. The molecule has 0 atom stereocenters. The Labute approximate surface area is 167 Å². The van der Waals surface area contributed by atoms with E-state index in [0.29, 0.717) is 5.69 Å². The van der Waals surface area contributed by atoms with Crippen LogP contribution < -0.4 is 15.8 Å². The van der Waals surface area contributed by atoms with Crippen molar-refractivity contribution in [1.29, 1.82) is 0 Å². The molecular weight excluding hydrogens is 390 g/mol. The first-order chi connectivity index (χ1) is 14.3. The van der Waals surface area contributed by atoms with E-state index in [-0.39, 0.29) is 33.2 Å². The lowest BCUT2D eigenvalue weighted by Crippen LogP contribution is -2.18. The molecule has 9 heteroatoms. The Morgan fingerprint density at radius 3 is 2.00 bits per heavy atom. The average molecular weight is 405 g/mol. The third-order valence-corrected chi connectivity index (χ3v) is 4.85. The van der Waals surface area contributed by atoms with Crippen molar-refractivity contribution >= 4 is 45.1 Å². The Morgan fingerprint density at radius 2 is 1.40 bits per heavy atom.